The fourth-order valence-electron chi connectivity index (χ4n) is 4.65. The molecule has 0 aromatic heterocycles. The van der Waals surface area contributed by atoms with Crippen molar-refractivity contribution in [3.63, 3.8) is 0 Å². The molecule has 5 nitrogen and oxygen atoms in total. The highest BCUT2D eigenvalue weighted by atomic mass is 16.3. The number of aliphatic hydroxyl groups is 1. The minimum absolute atomic E-state index is 0.0328. The van der Waals surface area contributed by atoms with Gasteiger partial charge in [0.15, 0.2) is 0 Å². The molecule has 1 aromatic rings. The van der Waals surface area contributed by atoms with E-state index in [1.54, 1.807) is 16.8 Å². The predicted molar refractivity (Wildman–Crippen MR) is 111 cm³/mol. The Morgan fingerprint density at radius 1 is 1.14 bits per heavy atom. The van der Waals surface area contributed by atoms with E-state index >= 15 is 0 Å². The number of nitrogens with zero attached hydrogens (tertiary/aromatic N) is 2. The molecule has 152 valence electrons. The van der Waals surface area contributed by atoms with Gasteiger partial charge in [-0.05, 0) is 36.0 Å². The maximum absolute atomic E-state index is 12.5. The van der Waals surface area contributed by atoms with Crippen LogP contribution in [-0.2, 0) is 9.59 Å². The summed E-state index contributed by atoms with van der Waals surface area (Å²) in [5.74, 6) is 0.142. The SMILES string of the molecule is CCC(=O)N(C)C[C@@H]1[C@H](c2ccc(C3=CCCC3)cc2)[C@H](CO)N1C(=O)CC. The molecule has 1 aliphatic carbocycles. The first kappa shape index (κ1) is 20.6. The number of amides is 2. The van der Waals surface area contributed by atoms with Crippen LogP contribution in [0.25, 0.3) is 5.57 Å². The molecule has 28 heavy (non-hydrogen) atoms. The third-order valence-electron chi connectivity index (χ3n) is 6.22. The summed E-state index contributed by atoms with van der Waals surface area (Å²) in [4.78, 5) is 28.1. The number of carbonyl (C=O) groups is 2. The molecule has 0 unspecified atom stereocenters. The molecule has 2 aliphatic rings. The van der Waals surface area contributed by atoms with E-state index in [2.05, 4.69) is 30.3 Å². The zero-order valence-electron chi connectivity index (χ0n) is 17.2. The molecule has 0 saturated carbocycles. The van der Waals surface area contributed by atoms with Crippen LogP contribution in [0.15, 0.2) is 30.3 Å². The minimum atomic E-state index is -0.223. The quantitative estimate of drug-likeness (QED) is 0.785. The van der Waals surface area contributed by atoms with Gasteiger partial charge in [0.2, 0.25) is 11.8 Å². The number of allylic oxidation sites excluding steroid dienone is 2. The number of likely N-dealkylation sites (N-methyl/N-ethyl adjacent to an activating group) is 1. The lowest BCUT2D eigenvalue weighted by molar-refractivity contribution is -0.153. The largest absolute Gasteiger partial charge is 0.394 e. The van der Waals surface area contributed by atoms with Gasteiger partial charge in [-0.3, -0.25) is 9.59 Å². The lowest BCUT2D eigenvalue weighted by Gasteiger charge is -2.55. The third-order valence-corrected chi connectivity index (χ3v) is 6.22. The van der Waals surface area contributed by atoms with E-state index in [0.29, 0.717) is 19.4 Å². The average Bonchev–Trinajstić information content (AvgIpc) is 3.25. The zero-order chi connectivity index (χ0) is 20.3. The van der Waals surface area contributed by atoms with Crippen LogP contribution in [0.5, 0.6) is 0 Å². The minimum Gasteiger partial charge on any atom is -0.394 e. The highest BCUT2D eigenvalue weighted by Gasteiger charge is 2.51. The van der Waals surface area contributed by atoms with Crippen LogP contribution >= 0.6 is 0 Å². The number of aliphatic hydroxyl groups excluding tert-OH is 1. The van der Waals surface area contributed by atoms with Crippen molar-refractivity contribution in [3.05, 3.63) is 41.5 Å². The summed E-state index contributed by atoms with van der Waals surface area (Å²) in [7, 11) is 1.79. The van der Waals surface area contributed by atoms with Gasteiger partial charge in [0.1, 0.15) is 0 Å². The van der Waals surface area contributed by atoms with E-state index < -0.39 is 0 Å². The highest BCUT2D eigenvalue weighted by molar-refractivity contribution is 5.79. The molecule has 1 heterocycles. The summed E-state index contributed by atoms with van der Waals surface area (Å²) in [6, 6.07) is 8.25. The first-order chi connectivity index (χ1) is 13.5. The van der Waals surface area contributed by atoms with Crippen LogP contribution in [0.1, 0.15) is 63.0 Å². The number of rotatable bonds is 7. The zero-order valence-corrected chi connectivity index (χ0v) is 17.2. The van der Waals surface area contributed by atoms with Gasteiger partial charge in [-0.25, -0.2) is 0 Å². The van der Waals surface area contributed by atoms with Gasteiger partial charge in [0, 0.05) is 32.4 Å². The molecule has 2 amide bonds. The van der Waals surface area contributed by atoms with Gasteiger partial charge in [-0.15, -0.1) is 0 Å². The van der Waals surface area contributed by atoms with Gasteiger partial charge in [-0.2, -0.15) is 0 Å². The smallest absolute Gasteiger partial charge is 0.222 e. The Morgan fingerprint density at radius 2 is 1.86 bits per heavy atom. The van der Waals surface area contributed by atoms with E-state index in [9.17, 15) is 14.7 Å². The number of hydrogen-bond donors (Lipinski definition) is 1. The van der Waals surface area contributed by atoms with Crippen LogP contribution in [-0.4, -0.2) is 59.0 Å². The van der Waals surface area contributed by atoms with Crippen molar-refractivity contribution >= 4 is 17.4 Å². The number of hydrogen-bond acceptors (Lipinski definition) is 3. The summed E-state index contributed by atoms with van der Waals surface area (Å²) in [6.07, 6.45) is 6.67. The van der Waals surface area contributed by atoms with Crippen molar-refractivity contribution in [1.29, 1.82) is 0 Å². The first-order valence-corrected chi connectivity index (χ1v) is 10.5. The Bertz CT molecular complexity index is 741. The number of benzene rings is 1. The summed E-state index contributed by atoms with van der Waals surface area (Å²) < 4.78 is 0. The van der Waals surface area contributed by atoms with Gasteiger partial charge < -0.3 is 14.9 Å². The van der Waals surface area contributed by atoms with E-state index in [4.69, 9.17) is 0 Å². The maximum Gasteiger partial charge on any atom is 0.222 e. The van der Waals surface area contributed by atoms with Crippen LogP contribution in [0.2, 0.25) is 0 Å². The Labute approximate surface area is 168 Å². The number of likely N-dealkylation sites (tertiary alicyclic amines) is 1. The molecule has 0 bridgehead atoms. The Morgan fingerprint density at radius 3 is 2.39 bits per heavy atom. The molecule has 1 aliphatic heterocycles. The summed E-state index contributed by atoms with van der Waals surface area (Å²) in [5.41, 5.74) is 3.80. The summed E-state index contributed by atoms with van der Waals surface area (Å²) >= 11 is 0. The van der Waals surface area contributed by atoms with E-state index in [0.717, 1.165) is 18.4 Å². The lowest BCUT2D eigenvalue weighted by atomic mass is 9.74. The molecule has 1 fully saturated rings. The second-order valence-corrected chi connectivity index (χ2v) is 7.87. The number of carbonyl (C=O) groups excluding carboxylic acids is 2. The van der Waals surface area contributed by atoms with Crippen molar-refractivity contribution < 1.29 is 14.7 Å². The van der Waals surface area contributed by atoms with E-state index in [1.807, 2.05) is 13.8 Å². The van der Waals surface area contributed by atoms with Crippen LogP contribution in [0.4, 0.5) is 0 Å². The van der Waals surface area contributed by atoms with E-state index in [-0.39, 0.29) is 36.4 Å². The first-order valence-electron chi connectivity index (χ1n) is 10.5. The van der Waals surface area contributed by atoms with Crippen molar-refractivity contribution in [2.75, 3.05) is 20.2 Å². The maximum atomic E-state index is 12.5. The Balaban J connectivity index is 1.84. The molecular formula is C23H32N2O3. The third kappa shape index (κ3) is 3.86. The Kier molecular flexibility index (Phi) is 6.55. The van der Waals surface area contributed by atoms with Crippen LogP contribution in [0, 0.1) is 0 Å². The summed E-state index contributed by atoms with van der Waals surface area (Å²) in [5, 5.41) is 9.98. The van der Waals surface area contributed by atoms with E-state index in [1.165, 1.54) is 17.6 Å². The van der Waals surface area contributed by atoms with Crippen molar-refractivity contribution in [2.45, 2.75) is 64.0 Å². The standard InChI is InChI=1S/C23H32N2O3/c1-4-21(27)24(3)14-19-23(20(15-26)25(19)22(28)5-2)18-12-10-17(11-13-18)16-8-6-7-9-16/h8,10-13,19-20,23,26H,4-7,9,14-15H2,1-3H3/t19-,20+,23+/m1/s1. The second kappa shape index (κ2) is 8.91. The van der Waals surface area contributed by atoms with Gasteiger partial charge in [0.05, 0.1) is 18.7 Å². The predicted octanol–water partition coefficient (Wildman–Crippen LogP) is 3.19. The normalized spacial score (nSPS) is 23.9. The van der Waals surface area contributed by atoms with Crippen molar-refractivity contribution in [1.82, 2.24) is 9.80 Å². The van der Waals surface area contributed by atoms with Crippen molar-refractivity contribution in [2.24, 2.45) is 0 Å². The second-order valence-electron chi connectivity index (χ2n) is 7.87. The van der Waals surface area contributed by atoms with Gasteiger partial charge in [-0.1, -0.05) is 44.2 Å². The molecule has 1 N–H and O–H groups in total. The molecule has 3 atom stereocenters. The van der Waals surface area contributed by atoms with Crippen LogP contribution < -0.4 is 0 Å². The molecule has 0 spiro atoms. The molecule has 0 radical (unpaired) electrons. The molecular weight excluding hydrogens is 352 g/mol. The average molecular weight is 385 g/mol. The molecule has 5 heteroatoms. The monoisotopic (exact) mass is 384 g/mol. The molecule has 3 rings (SSSR count). The van der Waals surface area contributed by atoms with Gasteiger partial charge in [0.25, 0.3) is 0 Å². The van der Waals surface area contributed by atoms with Crippen LogP contribution in [0.3, 0.4) is 0 Å². The Hall–Kier alpha value is -2.14. The van der Waals surface area contributed by atoms with Gasteiger partial charge >= 0.3 is 0 Å². The molecule has 1 saturated heterocycles. The highest BCUT2D eigenvalue weighted by Crippen LogP contribution is 2.42. The fraction of sp³-hybridized carbons (Fsp3) is 0.565. The lowest BCUT2D eigenvalue weighted by Crippen LogP contribution is -2.68. The topological polar surface area (TPSA) is 60.9 Å². The summed E-state index contributed by atoms with van der Waals surface area (Å²) in [6.45, 7) is 4.11. The molecule has 1 aromatic carbocycles. The fourth-order valence-corrected chi connectivity index (χ4v) is 4.65. The van der Waals surface area contributed by atoms with Crippen molar-refractivity contribution in [3.8, 4) is 0 Å².